The van der Waals surface area contributed by atoms with Gasteiger partial charge < -0.3 is 20.1 Å². The molecule has 18 heavy (non-hydrogen) atoms. The zero-order valence-corrected chi connectivity index (χ0v) is 11.1. The van der Waals surface area contributed by atoms with Crippen LogP contribution in [0, 0.1) is 13.8 Å². The van der Waals surface area contributed by atoms with Crippen molar-refractivity contribution in [2.45, 2.75) is 13.8 Å². The standard InChI is InChI=1S/C13H20N2O3/c1-10-5-4-6-11(2)12(10)15-13(16)14-9-18-8-7-17-3/h4-6H,7-9H2,1-3H3,(H2,14,15,16). The fourth-order valence-electron chi connectivity index (χ4n) is 1.50. The summed E-state index contributed by atoms with van der Waals surface area (Å²) >= 11 is 0. The summed E-state index contributed by atoms with van der Waals surface area (Å²) in [6.07, 6.45) is 0. The molecule has 0 bridgehead atoms. The van der Waals surface area contributed by atoms with Crippen molar-refractivity contribution >= 4 is 11.7 Å². The lowest BCUT2D eigenvalue weighted by atomic mass is 10.1. The lowest BCUT2D eigenvalue weighted by molar-refractivity contribution is 0.0650. The van der Waals surface area contributed by atoms with Gasteiger partial charge in [0.1, 0.15) is 6.73 Å². The van der Waals surface area contributed by atoms with E-state index in [1.54, 1.807) is 7.11 Å². The SMILES string of the molecule is COCCOCNC(=O)Nc1c(C)cccc1C. The number of amides is 2. The van der Waals surface area contributed by atoms with Crippen molar-refractivity contribution in [3.8, 4) is 0 Å². The van der Waals surface area contributed by atoms with E-state index in [0.29, 0.717) is 13.2 Å². The van der Waals surface area contributed by atoms with Crippen LogP contribution in [-0.4, -0.2) is 33.1 Å². The molecule has 2 N–H and O–H groups in total. The van der Waals surface area contributed by atoms with Crippen LogP contribution in [0.25, 0.3) is 0 Å². The number of hydrogen-bond donors (Lipinski definition) is 2. The Morgan fingerprint density at radius 1 is 1.22 bits per heavy atom. The molecule has 0 saturated carbocycles. The summed E-state index contributed by atoms with van der Waals surface area (Å²) in [5.41, 5.74) is 2.91. The number of ether oxygens (including phenoxy) is 2. The number of para-hydroxylation sites is 1. The largest absolute Gasteiger partial charge is 0.382 e. The van der Waals surface area contributed by atoms with E-state index in [4.69, 9.17) is 9.47 Å². The minimum absolute atomic E-state index is 0.167. The minimum atomic E-state index is -0.273. The van der Waals surface area contributed by atoms with Crippen molar-refractivity contribution in [3.63, 3.8) is 0 Å². The van der Waals surface area contributed by atoms with Gasteiger partial charge in [0.2, 0.25) is 0 Å². The summed E-state index contributed by atoms with van der Waals surface area (Å²) in [7, 11) is 1.60. The molecule has 0 spiro atoms. The van der Waals surface area contributed by atoms with Crippen LogP contribution in [0.15, 0.2) is 18.2 Å². The first-order valence-corrected chi connectivity index (χ1v) is 5.83. The Bertz CT molecular complexity index is 374. The number of carbonyl (C=O) groups excluding carboxylic acids is 1. The van der Waals surface area contributed by atoms with Gasteiger partial charge in [-0.3, -0.25) is 0 Å². The third-order valence-corrected chi connectivity index (χ3v) is 2.49. The van der Waals surface area contributed by atoms with Gasteiger partial charge in [-0.1, -0.05) is 18.2 Å². The van der Waals surface area contributed by atoms with Gasteiger partial charge in [-0.15, -0.1) is 0 Å². The van der Waals surface area contributed by atoms with E-state index >= 15 is 0 Å². The van der Waals surface area contributed by atoms with E-state index in [1.165, 1.54) is 0 Å². The molecule has 5 heteroatoms. The number of benzene rings is 1. The van der Waals surface area contributed by atoms with Crippen molar-refractivity contribution < 1.29 is 14.3 Å². The smallest absolute Gasteiger partial charge is 0.321 e. The zero-order valence-electron chi connectivity index (χ0n) is 11.1. The minimum Gasteiger partial charge on any atom is -0.382 e. The Morgan fingerprint density at radius 2 is 1.89 bits per heavy atom. The molecule has 1 rings (SSSR count). The summed E-state index contributed by atoms with van der Waals surface area (Å²) in [4.78, 5) is 11.6. The van der Waals surface area contributed by atoms with E-state index in [2.05, 4.69) is 10.6 Å². The lowest BCUT2D eigenvalue weighted by Crippen LogP contribution is -2.31. The first-order valence-electron chi connectivity index (χ1n) is 5.83. The van der Waals surface area contributed by atoms with Crippen molar-refractivity contribution in [1.82, 2.24) is 5.32 Å². The lowest BCUT2D eigenvalue weighted by Gasteiger charge is -2.12. The average Bonchev–Trinajstić information content (AvgIpc) is 2.34. The normalized spacial score (nSPS) is 10.2. The van der Waals surface area contributed by atoms with Crippen LogP contribution in [0.5, 0.6) is 0 Å². The van der Waals surface area contributed by atoms with Crippen molar-refractivity contribution in [2.24, 2.45) is 0 Å². The highest BCUT2D eigenvalue weighted by atomic mass is 16.5. The fraction of sp³-hybridized carbons (Fsp3) is 0.462. The monoisotopic (exact) mass is 252 g/mol. The second-order valence-electron chi connectivity index (χ2n) is 3.94. The molecule has 0 aromatic heterocycles. The number of rotatable bonds is 6. The number of methoxy groups -OCH3 is 1. The first kappa shape index (κ1) is 14.5. The summed E-state index contributed by atoms with van der Waals surface area (Å²) in [5.74, 6) is 0. The summed E-state index contributed by atoms with van der Waals surface area (Å²) in [5, 5.41) is 5.42. The van der Waals surface area contributed by atoms with E-state index in [-0.39, 0.29) is 12.8 Å². The molecule has 0 saturated heterocycles. The average molecular weight is 252 g/mol. The van der Waals surface area contributed by atoms with Gasteiger partial charge >= 0.3 is 6.03 Å². The molecular weight excluding hydrogens is 232 g/mol. The van der Waals surface area contributed by atoms with Gasteiger partial charge in [0.15, 0.2) is 0 Å². The maximum Gasteiger partial charge on any atom is 0.321 e. The molecule has 0 fully saturated rings. The molecule has 1 aromatic carbocycles. The Kier molecular flexibility index (Phi) is 6.18. The van der Waals surface area contributed by atoms with Crippen molar-refractivity contribution in [3.05, 3.63) is 29.3 Å². The van der Waals surface area contributed by atoms with Crippen molar-refractivity contribution in [1.29, 1.82) is 0 Å². The Labute approximate surface area is 107 Å². The van der Waals surface area contributed by atoms with Crippen LogP contribution in [0.2, 0.25) is 0 Å². The molecule has 1 aromatic rings. The van der Waals surface area contributed by atoms with E-state index < -0.39 is 0 Å². The predicted octanol–water partition coefficient (Wildman–Crippen LogP) is 2.05. The highest BCUT2D eigenvalue weighted by Crippen LogP contribution is 2.18. The number of carbonyl (C=O) groups is 1. The Morgan fingerprint density at radius 3 is 2.50 bits per heavy atom. The molecule has 5 nitrogen and oxygen atoms in total. The summed E-state index contributed by atoms with van der Waals surface area (Å²) in [6, 6.07) is 5.60. The van der Waals surface area contributed by atoms with Gasteiger partial charge in [-0.05, 0) is 25.0 Å². The number of hydrogen-bond acceptors (Lipinski definition) is 3. The summed E-state index contributed by atoms with van der Waals surface area (Å²) < 4.78 is 9.97. The molecule has 0 radical (unpaired) electrons. The van der Waals surface area contributed by atoms with E-state index in [9.17, 15) is 4.79 Å². The molecule has 0 heterocycles. The molecule has 0 aliphatic carbocycles. The van der Waals surface area contributed by atoms with E-state index in [1.807, 2.05) is 32.0 Å². The fourth-order valence-corrected chi connectivity index (χ4v) is 1.50. The molecule has 0 aliphatic rings. The van der Waals surface area contributed by atoms with Gasteiger partial charge in [0.05, 0.1) is 13.2 Å². The van der Waals surface area contributed by atoms with Crippen LogP contribution in [-0.2, 0) is 9.47 Å². The third-order valence-electron chi connectivity index (χ3n) is 2.49. The quantitative estimate of drug-likeness (QED) is 0.601. The van der Waals surface area contributed by atoms with Crippen LogP contribution in [0.4, 0.5) is 10.5 Å². The number of nitrogens with one attached hydrogen (secondary N) is 2. The van der Waals surface area contributed by atoms with Gasteiger partial charge in [-0.2, -0.15) is 0 Å². The van der Waals surface area contributed by atoms with Crippen LogP contribution in [0.1, 0.15) is 11.1 Å². The van der Waals surface area contributed by atoms with Crippen molar-refractivity contribution in [2.75, 3.05) is 32.4 Å². The van der Waals surface area contributed by atoms with Crippen LogP contribution in [0.3, 0.4) is 0 Å². The highest BCUT2D eigenvalue weighted by Gasteiger charge is 2.05. The molecule has 0 atom stereocenters. The molecular formula is C13H20N2O3. The molecule has 0 aliphatic heterocycles. The number of aryl methyl sites for hydroxylation is 2. The number of urea groups is 1. The van der Waals surface area contributed by atoms with E-state index in [0.717, 1.165) is 16.8 Å². The Balaban J connectivity index is 2.36. The molecule has 2 amide bonds. The van der Waals surface area contributed by atoms with Gasteiger partial charge in [0.25, 0.3) is 0 Å². The maximum atomic E-state index is 11.6. The maximum absolute atomic E-state index is 11.6. The zero-order chi connectivity index (χ0) is 13.4. The van der Waals surface area contributed by atoms with Gasteiger partial charge in [-0.25, -0.2) is 4.79 Å². The predicted molar refractivity (Wildman–Crippen MR) is 70.8 cm³/mol. The second kappa shape index (κ2) is 7.68. The molecule has 100 valence electrons. The van der Waals surface area contributed by atoms with Gasteiger partial charge in [0, 0.05) is 12.8 Å². The number of anilines is 1. The third kappa shape index (κ3) is 4.73. The Hall–Kier alpha value is -1.59. The first-order chi connectivity index (χ1) is 8.65. The summed E-state index contributed by atoms with van der Waals surface area (Å²) in [6.45, 7) is 5.05. The van der Waals surface area contributed by atoms with Crippen LogP contribution >= 0.6 is 0 Å². The highest BCUT2D eigenvalue weighted by molar-refractivity contribution is 5.90. The second-order valence-corrected chi connectivity index (χ2v) is 3.94. The van der Waals surface area contributed by atoms with Crippen LogP contribution < -0.4 is 10.6 Å². The molecule has 0 unspecified atom stereocenters. The topological polar surface area (TPSA) is 59.6 Å².